The summed E-state index contributed by atoms with van der Waals surface area (Å²) in [6.45, 7) is 1.92. The summed E-state index contributed by atoms with van der Waals surface area (Å²) in [4.78, 5) is 15.8. The number of thioether (sulfide) groups is 1. The highest BCUT2D eigenvalue weighted by atomic mass is 32.2. The molecule has 94 valence electrons. The normalized spacial score (nSPS) is 10.5. The molecule has 2 rings (SSSR count). The molecule has 0 saturated carbocycles. The number of carboxylic acids is 1. The van der Waals surface area contributed by atoms with E-state index in [-0.39, 0.29) is 0 Å². The predicted molar refractivity (Wildman–Crippen MR) is 74.5 cm³/mol. The predicted octanol–water partition coefficient (Wildman–Crippen LogP) is 3.70. The van der Waals surface area contributed by atoms with Crippen LogP contribution in [0.3, 0.4) is 0 Å². The summed E-state index contributed by atoms with van der Waals surface area (Å²) < 4.78 is 0.827. The lowest BCUT2D eigenvalue weighted by Gasteiger charge is -1.97. The molecule has 5 heteroatoms. The van der Waals surface area contributed by atoms with Crippen molar-refractivity contribution in [3.63, 3.8) is 0 Å². The summed E-state index contributed by atoms with van der Waals surface area (Å²) >= 11 is 2.85. The van der Waals surface area contributed by atoms with E-state index in [1.165, 1.54) is 16.9 Å². The Morgan fingerprint density at radius 1 is 1.39 bits per heavy atom. The van der Waals surface area contributed by atoms with Gasteiger partial charge in [0.2, 0.25) is 0 Å². The van der Waals surface area contributed by atoms with Crippen LogP contribution in [0.5, 0.6) is 0 Å². The van der Waals surface area contributed by atoms with Gasteiger partial charge in [-0.15, -0.1) is 11.3 Å². The van der Waals surface area contributed by atoms with Gasteiger partial charge in [0.15, 0.2) is 4.34 Å². The first kappa shape index (κ1) is 13.1. The number of benzene rings is 1. The molecule has 1 N–H and O–H groups in total. The zero-order valence-corrected chi connectivity index (χ0v) is 11.6. The Labute approximate surface area is 114 Å². The van der Waals surface area contributed by atoms with Crippen molar-refractivity contribution in [3.8, 4) is 0 Å². The van der Waals surface area contributed by atoms with Crippen molar-refractivity contribution >= 4 is 29.1 Å². The molecule has 1 aromatic carbocycles. The molecule has 0 aliphatic rings. The van der Waals surface area contributed by atoms with Gasteiger partial charge in [-0.3, -0.25) is 0 Å². The summed E-state index contributed by atoms with van der Waals surface area (Å²) in [7, 11) is 0. The molecule has 0 atom stereocenters. The molecule has 0 amide bonds. The van der Waals surface area contributed by atoms with E-state index in [0.29, 0.717) is 17.0 Å². The van der Waals surface area contributed by atoms with Crippen LogP contribution in [-0.2, 0) is 12.2 Å². The maximum absolute atomic E-state index is 11.0. The van der Waals surface area contributed by atoms with E-state index in [4.69, 9.17) is 5.11 Å². The smallest absolute Gasteiger partial charge is 0.347 e. The van der Waals surface area contributed by atoms with E-state index in [1.807, 2.05) is 25.1 Å². The highest BCUT2D eigenvalue weighted by molar-refractivity contribution is 8.00. The molecule has 0 spiro atoms. The molecule has 0 radical (unpaired) electrons. The number of aromatic nitrogens is 1. The molecular formula is C13H13NO2S2. The third kappa shape index (κ3) is 3.11. The van der Waals surface area contributed by atoms with Crippen molar-refractivity contribution in [1.82, 2.24) is 4.98 Å². The van der Waals surface area contributed by atoms with Gasteiger partial charge in [-0.25, -0.2) is 9.78 Å². The molecule has 1 heterocycles. The second-order valence-corrected chi connectivity index (χ2v) is 5.91. The van der Waals surface area contributed by atoms with Gasteiger partial charge in [-0.1, -0.05) is 49.0 Å². The second-order valence-electron chi connectivity index (χ2n) is 3.69. The summed E-state index contributed by atoms with van der Waals surface area (Å²) in [5.74, 6) is -0.0627. The number of rotatable bonds is 5. The number of nitrogens with zero attached hydrogens (tertiary/aromatic N) is 1. The topological polar surface area (TPSA) is 50.2 Å². The lowest BCUT2D eigenvalue weighted by molar-refractivity contribution is 0.0701. The SMILES string of the molecule is CCc1nc(SCc2ccccc2)sc1C(=O)O. The van der Waals surface area contributed by atoms with Crippen molar-refractivity contribution < 1.29 is 9.90 Å². The van der Waals surface area contributed by atoms with E-state index in [2.05, 4.69) is 17.1 Å². The maximum atomic E-state index is 11.0. The van der Waals surface area contributed by atoms with E-state index in [9.17, 15) is 4.79 Å². The van der Waals surface area contributed by atoms with Gasteiger partial charge in [0.05, 0.1) is 5.69 Å². The van der Waals surface area contributed by atoms with E-state index in [1.54, 1.807) is 11.8 Å². The van der Waals surface area contributed by atoms with Crippen LogP contribution in [0.2, 0.25) is 0 Å². The third-order valence-electron chi connectivity index (χ3n) is 2.41. The van der Waals surface area contributed by atoms with Crippen LogP contribution in [-0.4, -0.2) is 16.1 Å². The lowest BCUT2D eigenvalue weighted by atomic mass is 10.2. The molecule has 2 aromatic rings. The number of aryl methyl sites for hydroxylation is 1. The molecular weight excluding hydrogens is 266 g/mol. The monoisotopic (exact) mass is 279 g/mol. The van der Waals surface area contributed by atoms with Crippen LogP contribution < -0.4 is 0 Å². The Kier molecular flexibility index (Phi) is 4.38. The molecule has 0 fully saturated rings. The molecule has 0 bridgehead atoms. The van der Waals surface area contributed by atoms with Gasteiger partial charge in [-0.2, -0.15) is 0 Å². The molecule has 3 nitrogen and oxygen atoms in total. The van der Waals surface area contributed by atoms with E-state index < -0.39 is 5.97 Å². The lowest BCUT2D eigenvalue weighted by Crippen LogP contribution is -1.97. The quantitative estimate of drug-likeness (QED) is 0.848. The van der Waals surface area contributed by atoms with Crippen LogP contribution in [0, 0.1) is 0 Å². The average Bonchev–Trinajstić information content (AvgIpc) is 2.81. The van der Waals surface area contributed by atoms with Gasteiger partial charge in [0, 0.05) is 5.75 Å². The van der Waals surface area contributed by atoms with Crippen molar-refractivity contribution in [1.29, 1.82) is 0 Å². The van der Waals surface area contributed by atoms with Crippen LogP contribution in [0.4, 0.5) is 0 Å². The Morgan fingerprint density at radius 3 is 2.67 bits per heavy atom. The fourth-order valence-corrected chi connectivity index (χ4v) is 3.56. The fourth-order valence-electron chi connectivity index (χ4n) is 1.52. The summed E-state index contributed by atoms with van der Waals surface area (Å²) in [5.41, 5.74) is 1.90. The molecule has 18 heavy (non-hydrogen) atoms. The molecule has 0 aliphatic heterocycles. The Balaban J connectivity index is 2.08. The standard InChI is InChI=1S/C13H13NO2S2/c1-2-10-11(12(15)16)18-13(14-10)17-8-9-6-4-3-5-7-9/h3-7H,2,8H2,1H3,(H,15,16). The van der Waals surface area contributed by atoms with Gasteiger partial charge < -0.3 is 5.11 Å². The fraction of sp³-hybridized carbons (Fsp3) is 0.231. The Morgan fingerprint density at radius 2 is 2.11 bits per heavy atom. The van der Waals surface area contributed by atoms with Crippen LogP contribution in [0.1, 0.15) is 27.9 Å². The number of thiazole rings is 1. The number of aromatic carboxylic acids is 1. The summed E-state index contributed by atoms with van der Waals surface area (Å²) in [6.07, 6.45) is 0.657. The number of carboxylic acid groups (broad SMARTS) is 1. The summed E-state index contributed by atoms with van der Waals surface area (Å²) in [5, 5.41) is 9.06. The first-order valence-electron chi connectivity index (χ1n) is 5.60. The van der Waals surface area contributed by atoms with Crippen LogP contribution >= 0.6 is 23.1 Å². The highest BCUT2D eigenvalue weighted by Gasteiger charge is 2.15. The molecule has 1 aromatic heterocycles. The Bertz CT molecular complexity index is 537. The van der Waals surface area contributed by atoms with Crippen molar-refractivity contribution in [2.75, 3.05) is 0 Å². The van der Waals surface area contributed by atoms with Crippen LogP contribution in [0.15, 0.2) is 34.7 Å². The molecule has 0 unspecified atom stereocenters. The minimum atomic E-state index is -0.879. The van der Waals surface area contributed by atoms with Gasteiger partial charge in [-0.05, 0) is 12.0 Å². The maximum Gasteiger partial charge on any atom is 0.347 e. The third-order valence-corrected chi connectivity index (χ3v) is 4.71. The number of hydrogen-bond donors (Lipinski definition) is 1. The Hall–Kier alpha value is -1.33. The van der Waals surface area contributed by atoms with Crippen molar-refractivity contribution in [2.45, 2.75) is 23.4 Å². The van der Waals surface area contributed by atoms with E-state index >= 15 is 0 Å². The first-order valence-corrected chi connectivity index (χ1v) is 7.40. The second kappa shape index (κ2) is 6.02. The number of carbonyl (C=O) groups is 1. The first-order chi connectivity index (χ1) is 8.70. The van der Waals surface area contributed by atoms with Crippen LogP contribution in [0.25, 0.3) is 0 Å². The van der Waals surface area contributed by atoms with Gasteiger partial charge in [0.1, 0.15) is 4.88 Å². The highest BCUT2D eigenvalue weighted by Crippen LogP contribution is 2.30. The van der Waals surface area contributed by atoms with E-state index in [0.717, 1.165) is 10.1 Å². The number of hydrogen-bond acceptors (Lipinski definition) is 4. The van der Waals surface area contributed by atoms with Crippen molar-refractivity contribution in [2.24, 2.45) is 0 Å². The average molecular weight is 279 g/mol. The largest absolute Gasteiger partial charge is 0.477 e. The van der Waals surface area contributed by atoms with Gasteiger partial charge in [0.25, 0.3) is 0 Å². The minimum Gasteiger partial charge on any atom is -0.477 e. The zero-order valence-electron chi connectivity index (χ0n) is 9.92. The molecule has 0 saturated heterocycles. The zero-order chi connectivity index (χ0) is 13.0. The van der Waals surface area contributed by atoms with Gasteiger partial charge >= 0.3 is 5.97 Å². The molecule has 0 aliphatic carbocycles. The minimum absolute atomic E-state index is 0.369. The summed E-state index contributed by atoms with van der Waals surface area (Å²) in [6, 6.07) is 10.1. The van der Waals surface area contributed by atoms with Crippen molar-refractivity contribution in [3.05, 3.63) is 46.5 Å².